The van der Waals surface area contributed by atoms with Crippen molar-refractivity contribution in [2.24, 2.45) is 0 Å². The Bertz CT molecular complexity index is 1100. The highest BCUT2D eigenvalue weighted by Crippen LogP contribution is 2.24. The quantitative estimate of drug-likeness (QED) is 0.419. The van der Waals surface area contributed by atoms with Crippen LogP contribution in [0, 0.1) is 22.9 Å². The molecule has 8 nitrogen and oxygen atoms in total. The molecular weight excluding hydrogens is 405 g/mol. The van der Waals surface area contributed by atoms with E-state index in [0.717, 1.165) is 17.9 Å². The number of rotatable bonds is 8. The first-order valence-electron chi connectivity index (χ1n) is 9.45. The van der Waals surface area contributed by atoms with Gasteiger partial charge >= 0.3 is 0 Å². The van der Waals surface area contributed by atoms with E-state index in [9.17, 15) is 19.3 Å². The van der Waals surface area contributed by atoms with E-state index in [2.05, 4.69) is 10.3 Å². The van der Waals surface area contributed by atoms with Crippen LogP contribution in [0.3, 0.4) is 0 Å². The van der Waals surface area contributed by atoms with Crippen molar-refractivity contribution in [1.82, 2.24) is 10.3 Å². The molecule has 1 N–H and O–H groups in total. The van der Waals surface area contributed by atoms with Gasteiger partial charge < -0.3 is 14.8 Å². The maximum absolute atomic E-state index is 13.9. The van der Waals surface area contributed by atoms with E-state index < -0.39 is 22.3 Å². The van der Waals surface area contributed by atoms with E-state index in [4.69, 9.17) is 9.47 Å². The van der Waals surface area contributed by atoms with Crippen LogP contribution in [0.5, 0.6) is 17.4 Å². The summed E-state index contributed by atoms with van der Waals surface area (Å²) < 4.78 is 25.0. The van der Waals surface area contributed by atoms with Gasteiger partial charge in [0, 0.05) is 30.4 Å². The van der Waals surface area contributed by atoms with Crippen molar-refractivity contribution in [1.29, 1.82) is 0 Å². The summed E-state index contributed by atoms with van der Waals surface area (Å²) in [6.07, 6.45) is 1.53. The van der Waals surface area contributed by atoms with E-state index in [1.54, 1.807) is 36.4 Å². The first-order chi connectivity index (χ1) is 14.9. The number of hydrogen-bond acceptors (Lipinski definition) is 6. The number of nitro benzene ring substituents is 1. The van der Waals surface area contributed by atoms with E-state index >= 15 is 0 Å². The van der Waals surface area contributed by atoms with Gasteiger partial charge in [-0.05, 0) is 55.8 Å². The van der Waals surface area contributed by atoms with Crippen LogP contribution in [0.4, 0.5) is 10.1 Å². The molecule has 0 aliphatic carbocycles. The minimum Gasteiger partial charge on any atom is -0.494 e. The van der Waals surface area contributed by atoms with Crippen molar-refractivity contribution >= 4 is 11.6 Å². The number of aromatic nitrogens is 1. The molecule has 0 fully saturated rings. The number of carbonyl (C=O) groups excluding carboxylic acids is 1. The van der Waals surface area contributed by atoms with Gasteiger partial charge in [0.05, 0.1) is 17.1 Å². The molecule has 0 spiro atoms. The Morgan fingerprint density at radius 1 is 1.16 bits per heavy atom. The van der Waals surface area contributed by atoms with Gasteiger partial charge in [-0.2, -0.15) is 0 Å². The molecule has 0 saturated heterocycles. The van der Waals surface area contributed by atoms with Gasteiger partial charge in [-0.25, -0.2) is 9.37 Å². The maximum Gasteiger partial charge on any atom is 0.276 e. The number of benzene rings is 2. The molecule has 31 heavy (non-hydrogen) atoms. The molecule has 3 rings (SSSR count). The molecule has 0 aliphatic rings. The predicted octanol–water partition coefficient (Wildman–Crippen LogP) is 4.56. The Balaban J connectivity index is 1.66. The third-order valence-electron chi connectivity index (χ3n) is 4.39. The summed E-state index contributed by atoms with van der Waals surface area (Å²) in [7, 11) is 0. The SMILES string of the molecule is CCOc1ccc(Oc2cc(CNC(=O)c3cc(F)c(C)c([N+](=O)[O-])c3)ccn2)cc1. The average molecular weight is 425 g/mol. The van der Waals surface area contributed by atoms with Crippen molar-refractivity contribution in [3.63, 3.8) is 0 Å². The summed E-state index contributed by atoms with van der Waals surface area (Å²) in [4.78, 5) is 26.8. The molecule has 2 aromatic carbocycles. The first-order valence-corrected chi connectivity index (χ1v) is 9.45. The van der Waals surface area contributed by atoms with Gasteiger partial charge in [-0.1, -0.05) is 0 Å². The Kier molecular flexibility index (Phi) is 6.76. The minimum atomic E-state index is -0.811. The number of carbonyl (C=O) groups is 1. The first kappa shape index (κ1) is 21.7. The molecular formula is C22H20FN3O5. The van der Waals surface area contributed by atoms with Crippen LogP contribution in [-0.4, -0.2) is 22.4 Å². The molecule has 9 heteroatoms. The van der Waals surface area contributed by atoms with E-state index in [1.165, 1.54) is 13.1 Å². The minimum absolute atomic E-state index is 0.101. The van der Waals surface area contributed by atoms with Crippen LogP contribution in [0.2, 0.25) is 0 Å². The van der Waals surface area contributed by atoms with Crippen LogP contribution in [0.25, 0.3) is 0 Å². The number of pyridine rings is 1. The Morgan fingerprint density at radius 2 is 1.87 bits per heavy atom. The zero-order chi connectivity index (χ0) is 22.4. The van der Waals surface area contributed by atoms with Crippen molar-refractivity contribution < 1.29 is 23.6 Å². The Hall–Kier alpha value is -4.01. The lowest BCUT2D eigenvalue weighted by Crippen LogP contribution is -2.23. The van der Waals surface area contributed by atoms with Crippen molar-refractivity contribution in [3.05, 3.63) is 87.3 Å². The molecule has 0 bridgehead atoms. The lowest BCUT2D eigenvalue weighted by molar-refractivity contribution is -0.385. The van der Waals surface area contributed by atoms with Crippen molar-refractivity contribution in [3.8, 4) is 17.4 Å². The number of nitrogens with one attached hydrogen (secondary N) is 1. The zero-order valence-corrected chi connectivity index (χ0v) is 16.9. The van der Waals surface area contributed by atoms with Crippen LogP contribution in [0.1, 0.15) is 28.4 Å². The molecule has 0 unspecified atom stereocenters. The number of nitrogens with zero attached hydrogens (tertiary/aromatic N) is 2. The lowest BCUT2D eigenvalue weighted by atomic mass is 10.1. The molecule has 1 heterocycles. The topological polar surface area (TPSA) is 104 Å². The summed E-state index contributed by atoms with van der Waals surface area (Å²) in [5.74, 6) is 0.182. The van der Waals surface area contributed by atoms with Gasteiger partial charge in [-0.15, -0.1) is 0 Å². The summed E-state index contributed by atoms with van der Waals surface area (Å²) in [6, 6.07) is 12.4. The van der Waals surface area contributed by atoms with Gasteiger partial charge in [-0.3, -0.25) is 14.9 Å². The summed E-state index contributed by atoms with van der Waals surface area (Å²) in [5, 5.41) is 13.7. The number of amides is 1. The summed E-state index contributed by atoms with van der Waals surface area (Å²) in [5.41, 5.74) is -0.00652. The number of ether oxygens (including phenoxy) is 2. The Labute approximate surface area is 177 Å². The molecule has 0 aliphatic heterocycles. The molecule has 160 valence electrons. The fourth-order valence-corrected chi connectivity index (χ4v) is 2.78. The molecule has 3 aromatic rings. The summed E-state index contributed by atoms with van der Waals surface area (Å²) >= 11 is 0. The van der Waals surface area contributed by atoms with Gasteiger partial charge in [0.2, 0.25) is 5.88 Å². The molecule has 1 amide bonds. The largest absolute Gasteiger partial charge is 0.494 e. The average Bonchev–Trinajstić information content (AvgIpc) is 2.75. The Morgan fingerprint density at radius 3 is 2.55 bits per heavy atom. The van der Waals surface area contributed by atoms with Gasteiger partial charge in [0.15, 0.2) is 0 Å². The van der Waals surface area contributed by atoms with E-state index in [0.29, 0.717) is 23.8 Å². The highest BCUT2D eigenvalue weighted by molar-refractivity contribution is 5.95. The second kappa shape index (κ2) is 9.66. The fourth-order valence-electron chi connectivity index (χ4n) is 2.78. The molecule has 0 radical (unpaired) electrons. The smallest absolute Gasteiger partial charge is 0.276 e. The number of nitro groups is 1. The lowest BCUT2D eigenvalue weighted by Gasteiger charge is -2.09. The van der Waals surface area contributed by atoms with Crippen LogP contribution in [0.15, 0.2) is 54.7 Å². The van der Waals surface area contributed by atoms with Crippen LogP contribution >= 0.6 is 0 Å². The predicted molar refractivity (Wildman–Crippen MR) is 111 cm³/mol. The van der Waals surface area contributed by atoms with E-state index in [-0.39, 0.29) is 17.7 Å². The monoisotopic (exact) mass is 425 g/mol. The van der Waals surface area contributed by atoms with Gasteiger partial charge in [0.25, 0.3) is 11.6 Å². The standard InChI is InChI=1S/C22H20FN3O5/c1-3-30-17-4-6-18(7-5-17)31-21-10-15(8-9-24-21)13-25-22(27)16-11-19(23)14(2)20(12-16)26(28)29/h4-12H,3,13H2,1-2H3,(H,25,27). The third-order valence-corrected chi connectivity index (χ3v) is 4.39. The number of halogens is 1. The molecule has 0 atom stereocenters. The number of hydrogen-bond donors (Lipinski definition) is 1. The normalized spacial score (nSPS) is 10.4. The second-order valence-corrected chi connectivity index (χ2v) is 6.55. The second-order valence-electron chi connectivity index (χ2n) is 6.55. The highest BCUT2D eigenvalue weighted by Gasteiger charge is 2.19. The molecule has 0 saturated carbocycles. The van der Waals surface area contributed by atoms with Crippen LogP contribution < -0.4 is 14.8 Å². The van der Waals surface area contributed by atoms with E-state index in [1.807, 2.05) is 6.92 Å². The van der Waals surface area contributed by atoms with Crippen molar-refractivity contribution in [2.75, 3.05) is 6.61 Å². The fraction of sp³-hybridized carbons (Fsp3) is 0.182. The highest BCUT2D eigenvalue weighted by atomic mass is 19.1. The van der Waals surface area contributed by atoms with Crippen LogP contribution in [-0.2, 0) is 6.54 Å². The maximum atomic E-state index is 13.9. The molecule has 1 aromatic heterocycles. The third kappa shape index (κ3) is 5.53. The van der Waals surface area contributed by atoms with Gasteiger partial charge in [0.1, 0.15) is 17.3 Å². The zero-order valence-electron chi connectivity index (χ0n) is 16.9. The van der Waals surface area contributed by atoms with Crippen molar-refractivity contribution in [2.45, 2.75) is 20.4 Å². The summed E-state index contributed by atoms with van der Waals surface area (Å²) in [6.45, 7) is 3.86.